The van der Waals surface area contributed by atoms with Gasteiger partial charge >= 0.3 is 0 Å². The van der Waals surface area contributed by atoms with Crippen molar-refractivity contribution in [2.45, 2.75) is 24.8 Å². The standard InChI is InChI=1S/C55H42N4O/c1-3-4-15-36(2)53(56)59-54(39-16-6-5-7-17-39)58-35-37-27-29-48-50(32-37)60-51-34-41(40-19-12-20-42(33-40)43-24-13-18-38-21-14-31-57-52(38)43)28-30-49(51)55(48)46-25-10-8-22-44(46)45-23-9-11-26-47(45)55/h3-4,6,8-34H,1-2,5,7,35H2,(H2,56,58,59)/b15-4-. The Bertz CT molecular complexity index is 3000. The van der Waals surface area contributed by atoms with Crippen molar-refractivity contribution in [2.75, 3.05) is 0 Å². The summed E-state index contributed by atoms with van der Waals surface area (Å²) in [6, 6.07) is 50.0. The van der Waals surface area contributed by atoms with E-state index in [9.17, 15) is 0 Å². The van der Waals surface area contributed by atoms with E-state index in [4.69, 9.17) is 25.4 Å². The molecular formula is C55H42N4O. The van der Waals surface area contributed by atoms with E-state index in [2.05, 4.69) is 165 Å². The molecule has 0 bridgehead atoms. The van der Waals surface area contributed by atoms with Crippen LogP contribution in [0.3, 0.4) is 0 Å². The number of allylic oxidation sites excluding steroid dienone is 4. The fraction of sp³-hybridized carbons (Fsp3) is 0.0727. The monoisotopic (exact) mass is 774 g/mol. The lowest BCUT2D eigenvalue weighted by molar-refractivity contribution is 0.436. The van der Waals surface area contributed by atoms with Gasteiger partial charge in [-0.3, -0.25) is 9.98 Å². The first-order chi connectivity index (χ1) is 29.5. The predicted octanol–water partition coefficient (Wildman–Crippen LogP) is 12.9. The molecule has 2 heterocycles. The number of para-hydroxylation sites is 1. The maximum Gasteiger partial charge on any atom is 0.156 e. The molecular weight excluding hydrogens is 733 g/mol. The first-order valence-corrected chi connectivity index (χ1v) is 20.4. The van der Waals surface area contributed by atoms with E-state index in [0.717, 1.165) is 79.8 Å². The maximum absolute atomic E-state index is 7.07. The Morgan fingerprint density at radius 1 is 0.717 bits per heavy atom. The van der Waals surface area contributed by atoms with Gasteiger partial charge in [-0.2, -0.15) is 0 Å². The zero-order valence-corrected chi connectivity index (χ0v) is 33.2. The highest BCUT2D eigenvalue weighted by Gasteiger charge is 2.51. The number of fused-ring (bicyclic) bond motifs is 10. The quantitative estimate of drug-likeness (QED) is 0.0949. The van der Waals surface area contributed by atoms with E-state index in [1.54, 1.807) is 18.2 Å². The number of nitrogens with zero attached hydrogens (tertiary/aromatic N) is 3. The third kappa shape index (κ3) is 6.23. The predicted molar refractivity (Wildman–Crippen MR) is 248 cm³/mol. The Balaban J connectivity index is 1.10. The molecule has 6 aromatic carbocycles. The topological polar surface area (TPSA) is 72.9 Å². The SMILES string of the molecule is C=C/C=C\C(=C)C(N)=NC(=NCc1ccc2c(c1)Oc1cc(-c3cccc(-c4cccc5cccnc45)c3)ccc1C21c2ccccc2-c2ccccc21)C1=CCCC=C1. The van der Waals surface area contributed by atoms with Crippen LogP contribution in [0.4, 0.5) is 0 Å². The molecule has 0 saturated heterocycles. The molecule has 1 aliphatic heterocycles. The van der Waals surface area contributed by atoms with Crippen LogP contribution in [-0.2, 0) is 12.0 Å². The number of amidine groups is 2. The second-order valence-corrected chi connectivity index (χ2v) is 15.3. The van der Waals surface area contributed by atoms with Crippen molar-refractivity contribution in [3.8, 4) is 44.9 Å². The van der Waals surface area contributed by atoms with Crippen molar-refractivity contribution in [1.29, 1.82) is 0 Å². The number of hydrogen-bond donors (Lipinski definition) is 1. The minimum Gasteiger partial charge on any atom is -0.457 e. The molecule has 2 N–H and O–H groups in total. The summed E-state index contributed by atoms with van der Waals surface area (Å²) in [6.45, 7) is 8.23. The molecule has 3 aliphatic rings. The molecule has 0 saturated carbocycles. The number of ether oxygens (including phenoxy) is 1. The van der Waals surface area contributed by atoms with Crippen molar-refractivity contribution >= 4 is 22.6 Å². The average Bonchev–Trinajstić information content (AvgIpc) is 3.59. The van der Waals surface area contributed by atoms with Gasteiger partial charge in [0.25, 0.3) is 0 Å². The van der Waals surface area contributed by atoms with Gasteiger partial charge < -0.3 is 10.5 Å². The van der Waals surface area contributed by atoms with Gasteiger partial charge in [-0.15, -0.1) is 0 Å². The summed E-state index contributed by atoms with van der Waals surface area (Å²) in [5.74, 6) is 2.51. The molecule has 0 unspecified atom stereocenters. The smallest absolute Gasteiger partial charge is 0.156 e. The van der Waals surface area contributed by atoms with Gasteiger partial charge in [0.05, 0.1) is 17.5 Å². The second kappa shape index (κ2) is 15.3. The van der Waals surface area contributed by atoms with Gasteiger partial charge in [-0.1, -0.05) is 165 Å². The first kappa shape index (κ1) is 36.7. The van der Waals surface area contributed by atoms with E-state index in [0.29, 0.717) is 23.8 Å². The van der Waals surface area contributed by atoms with Crippen LogP contribution in [0.2, 0.25) is 0 Å². The summed E-state index contributed by atoms with van der Waals surface area (Å²) >= 11 is 0. The molecule has 0 radical (unpaired) electrons. The summed E-state index contributed by atoms with van der Waals surface area (Å²) in [7, 11) is 0. The van der Waals surface area contributed by atoms with Crippen molar-refractivity contribution < 1.29 is 4.74 Å². The summed E-state index contributed by atoms with van der Waals surface area (Å²) in [5.41, 5.74) is 20.9. The molecule has 5 heteroatoms. The fourth-order valence-electron chi connectivity index (χ4n) is 9.03. The van der Waals surface area contributed by atoms with Gasteiger partial charge in [-0.05, 0) is 81.6 Å². The molecule has 0 amide bonds. The lowest BCUT2D eigenvalue weighted by atomic mass is 9.66. The van der Waals surface area contributed by atoms with Crippen molar-refractivity contribution in [1.82, 2.24) is 4.98 Å². The second-order valence-electron chi connectivity index (χ2n) is 15.3. The Labute approximate surface area is 350 Å². The first-order valence-electron chi connectivity index (χ1n) is 20.4. The number of aliphatic imine (C=N–C) groups is 2. The van der Waals surface area contributed by atoms with Crippen molar-refractivity contribution in [2.24, 2.45) is 15.7 Å². The van der Waals surface area contributed by atoms with Crippen LogP contribution in [0.1, 0.15) is 40.7 Å². The highest BCUT2D eigenvalue weighted by atomic mass is 16.5. The molecule has 5 nitrogen and oxygen atoms in total. The largest absolute Gasteiger partial charge is 0.457 e. The number of rotatable bonds is 8. The molecule has 7 aromatic rings. The number of nitrogens with two attached hydrogens (primary N) is 1. The Hall–Kier alpha value is -7.63. The lowest BCUT2D eigenvalue weighted by Gasteiger charge is -2.39. The van der Waals surface area contributed by atoms with Gasteiger partial charge in [0.1, 0.15) is 17.3 Å². The lowest BCUT2D eigenvalue weighted by Crippen LogP contribution is -2.32. The summed E-state index contributed by atoms with van der Waals surface area (Å²) < 4.78 is 7.07. The van der Waals surface area contributed by atoms with Crippen LogP contribution in [0.25, 0.3) is 44.3 Å². The minimum absolute atomic E-state index is 0.313. The Morgan fingerprint density at radius 2 is 1.42 bits per heavy atom. The van der Waals surface area contributed by atoms with Crippen LogP contribution in [0.5, 0.6) is 11.5 Å². The van der Waals surface area contributed by atoms with Gasteiger partial charge in [-0.25, -0.2) is 4.99 Å². The molecule has 2 aliphatic carbocycles. The average molecular weight is 775 g/mol. The van der Waals surface area contributed by atoms with E-state index < -0.39 is 5.41 Å². The van der Waals surface area contributed by atoms with Gasteiger partial charge in [0.15, 0.2) is 5.84 Å². The number of pyridine rings is 1. The van der Waals surface area contributed by atoms with Crippen LogP contribution >= 0.6 is 0 Å². The van der Waals surface area contributed by atoms with Gasteiger partial charge in [0.2, 0.25) is 0 Å². The highest BCUT2D eigenvalue weighted by molar-refractivity contribution is 6.12. The fourth-order valence-corrected chi connectivity index (χ4v) is 9.03. The van der Waals surface area contributed by atoms with E-state index in [-0.39, 0.29) is 0 Å². The third-order valence-corrected chi connectivity index (χ3v) is 11.8. The molecule has 0 fully saturated rings. The van der Waals surface area contributed by atoms with E-state index in [1.165, 1.54) is 22.3 Å². The minimum atomic E-state index is -0.589. The molecule has 1 aromatic heterocycles. The Kier molecular flexibility index (Phi) is 9.34. The molecule has 60 heavy (non-hydrogen) atoms. The third-order valence-electron chi connectivity index (χ3n) is 11.8. The van der Waals surface area contributed by atoms with Crippen molar-refractivity contribution in [3.63, 3.8) is 0 Å². The molecule has 1 spiro atoms. The molecule has 10 rings (SSSR count). The number of hydrogen-bond acceptors (Lipinski definition) is 3. The Morgan fingerprint density at radius 3 is 2.20 bits per heavy atom. The van der Waals surface area contributed by atoms with Crippen LogP contribution in [0.15, 0.2) is 216 Å². The van der Waals surface area contributed by atoms with Crippen LogP contribution in [-0.4, -0.2) is 16.7 Å². The van der Waals surface area contributed by atoms with Crippen LogP contribution < -0.4 is 10.5 Å². The molecule has 0 atom stereocenters. The summed E-state index contributed by atoms with van der Waals surface area (Å²) in [6.07, 6.45) is 15.4. The zero-order valence-electron chi connectivity index (χ0n) is 33.2. The van der Waals surface area contributed by atoms with E-state index in [1.807, 2.05) is 12.3 Å². The summed E-state index contributed by atoms with van der Waals surface area (Å²) in [5, 5.41) is 1.12. The molecule has 288 valence electrons. The number of aromatic nitrogens is 1. The normalized spacial score (nSPS) is 14.9. The maximum atomic E-state index is 7.07. The van der Waals surface area contributed by atoms with Crippen LogP contribution in [0, 0.1) is 0 Å². The zero-order chi connectivity index (χ0) is 40.6. The summed E-state index contributed by atoms with van der Waals surface area (Å²) in [4.78, 5) is 14.6. The van der Waals surface area contributed by atoms with E-state index >= 15 is 0 Å². The van der Waals surface area contributed by atoms with Gasteiger partial charge in [0, 0.05) is 39.4 Å². The highest BCUT2D eigenvalue weighted by Crippen LogP contribution is 2.62. The van der Waals surface area contributed by atoms with Crippen molar-refractivity contribution in [3.05, 3.63) is 234 Å². The number of benzene rings is 6.